The second kappa shape index (κ2) is 4.25. The van der Waals surface area contributed by atoms with Crippen molar-refractivity contribution in [1.29, 1.82) is 5.26 Å². The van der Waals surface area contributed by atoms with Gasteiger partial charge in [0.05, 0.1) is 18.3 Å². The molecule has 4 nitrogen and oxygen atoms in total. The van der Waals surface area contributed by atoms with Gasteiger partial charge in [-0.2, -0.15) is 10.4 Å². The Hall–Kier alpha value is -1.99. The maximum atomic E-state index is 8.87. The van der Waals surface area contributed by atoms with E-state index >= 15 is 0 Å². The van der Waals surface area contributed by atoms with Crippen molar-refractivity contribution in [2.75, 3.05) is 7.11 Å². The molecule has 1 aromatic heterocycles. The summed E-state index contributed by atoms with van der Waals surface area (Å²) in [6.07, 6.45) is 1.60. The number of ether oxygens (including phenoxy) is 1. The maximum Gasteiger partial charge on any atom is 0.143 e. The Morgan fingerprint density at radius 2 is 2.31 bits per heavy atom. The molecule has 0 unspecified atom stereocenters. The third kappa shape index (κ3) is 1.73. The number of hydrogen-bond donors (Lipinski definition) is 1. The van der Waals surface area contributed by atoms with Crippen molar-refractivity contribution in [3.63, 3.8) is 0 Å². The number of aromatic amines is 1. The normalized spacial score (nSPS) is 9.81. The van der Waals surface area contributed by atoms with Gasteiger partial charge in [-0.3, -0.25) is 5.10 Å². The maximum absolute atomic E-state index is 8.87. The van der Waals surface area contributed by atoms with Gasteiger partial charge >= 0.3 is 0 Å². The molecule has 5 heteroatoms. The molecule has 0 aliphatic heterocycles. The first-order chi connectivity index (χ1) is 7.76. The second-order valence-electron chi connectivity index (χ2n) is 3.12. The molecule has 16 heavy (non-hydrogen) atoms. The minimum Gasteiger partial charge on any atom is -0.495 e. The number of aromatic nitrogens is 2. The molecule has 0 atom stereocenters. The molecule has 0 radical (unpaired) electrons. The fourth-order valence-corrected chi connectivity index (χ4v) is 1.61. The quantitative estimate of drug-likeness (QED) is 0.867. The molecule has 0 saturated carbocycles. The number of H-pyrrole nitrogens is 1. The zero-order valence-corrected chi connectivity index (χ0v) is 9.25. The van der Waals surface area contributed by atoms with Crippen LogP contribution in [0.15, 0.2) is 24.4 Å². The average Bonchev–Trinajstić information content (AvgIpc) is 2.78. The lowest BCUT2D eigenvalue weighted by molar-refractivity contribution is 0.415. The van der Waals surface area contributed by atoms with Gasteiger partial charge in [0.15, 0.2) is 0 Å². The summed E-state index contributed by atoms with van der Waals surface area (Å²) < 4.78 is 5.11. The summed E-state index contributed by atoms with van der Waals surface area (Å²) >= 11 is 5.92. The molecule has 1 N–H and O–H groups in total. The molecule has 1 heterocycles. The van der Waals surface area contributed by atoms with Crippen molar-refractivity contribution in [1.82, 2.24) is 10.2 Å². The van der Waals surface area contributed by atoms with Crippen LogP contribution in [-0.2, 0) is 0 Å². The number of halogens is 1. The summed E-state index contributed by atoms with van der Waals surface area (Å²) in [7, 11) is 1.55. The Morgan fingerprint density at radius 3 is 3.00 bits per heavy atom. The Morgan fingerprint density at radius 1 is 1.50 bits per heavy atom. The van der Waals surface area contributed by atoms with Crippen LogP contribution in [0.2, 0.25) is 5.02 Å². The Kier molecular flexibility index (Phi) is 2.80. The number of hydrogen-bond acceptors (Lipinski definition) is 3. The lowest BCUT2D eigenvalue weighted by Crippen LogP contribution is -1.86. The fraction of sp³-hybridized carbons (Fsp3) is 0.0909. The van der Waals surface area contributed by atoms with Gasteiger partial charge in [-0.25, -0.2) is 0 Å². The smallest absolute Gasteiger partial charge is 0.143 e. The van der Waals surface area contributed by atoms with E-state index in [0.29, 0.717) is 16.5 Å². The minimum absolute atomic E-state index is 0.421. The van der Waals surface area contributed by atoms with Crippen LogP contribution in [-0.4, -0.2) is 17.3 Å². The van der Waals surface area contributed by atoms with E-state index in [1.807, 2.05) is 12.1 Å². The number of benzene rings is 1. The number of nitriles is 1. The largest absolute Gasteiger partial charge is 0.495 e. The van der Waals surface area contributed by atoms with Crippen molar-refractivity contribution in [2.45, 2.75) is 0 Å². The lowest BCUT2D eigenvalue weighted by atomic mass is 10.1. The number of nitrogens with zero attached hydrogens (tertiary/aromatic N) is 2. The summed E-state index contributed by atoms with van der Waals surface area (Å²) in [4.78, 5) is 0. The summed E-state index contributed by atoms with van der Waals surface area (Å²) in [5.74, 6) is 0.573. The molecular formula is C11H8ClN3O. The third-order valence-corrected chi connectivity index (χ3v) is 2.53. The third-order valence-electron chi connectivity index (χ3n) is 2.21. The van der Waals surface area contributed by atoms with E-state index in [2.05, 4.69) is 10.2 Å². The van der Waals surface area contributed by atoms with E-state index in [0.717, 1.165) is 11.1 Å². The Bertz CT molecular complexity index is 557. The molecule has 0 aliphatic rings. The van der Waals surface area contributed by atoms with Gasteiger partial charge in [-0.05, 0) is 17.7 Å². The number of rotatable bonds is 2. The molecule has 0 aliphatic carbocycles. The highest BCUT2D eigenvalue weighted by atomic mass is 35.5. The monoisotopic (exact) mass is 233 g/mol. The van der Waals surface area contributed by atoms with Crippen molar-refractivity contribution < 1.29 is 4.74 Å². The van der Waals surface area contributed by atoms with Gasteiger partial charge in [0, 0.05) is 5.56 Å². The molecule has 80 valence electrons. The molecule has 0 amide bonds. The van der Waals surface area contributed by atoms with Crippen LogP contribution in [0.3, 0.4) is 0 Å². The van der Waals surface area contributed by atoms with E-state index in [9.17, 15) is 0 Å². The predicted molar refractivity (Wildman–Crippen MR) is 60.3 cm³/mol. The van der Waals surface area contributed by atoms with Crippen LogP contribution in [0.25, 0.3) is 11.1 Å². The fourth-order valence-electron chi connectivity index (χ4n) is 1.42. The number of methoxy groups -OCH3 is 1. The van der Waals surface area contributed by atoms with Gasteiger partial charge < -0.3 is 4.74 Å². The standard InChI is InChI=1S/C11H8ClN3O/c1-16-11-4-7(2-3-9(11)12)8-6-14-15-10(8)5-13/h2-4,6H,1H3,(H,14,15). The summed E-state index contributed by atoms with van der Waals surface area (Å²) in [6.45, 7) is 0. The van der Waals surface area contributed by atoms with E-state index in [4.69, 9.17) is 21.6 Å². The van der Waals surface area contributed by atoms with Crippen LogP contribution in [0.4, 0.5) is 0 Å². The Balaban J connectivity index is 2.53. The van der Waals surface area contributed by atoms with Gasteiger partial charge in [0.2, 0.25) is 0 Å². The first-order valence-electron chi connectivity index (χ1n) is 4.53. The minimum atomic E-state index is 0.421. The van der Waals surface area contributed by atoms with Crippen molar-refractivity contribution >= 4 is 11.6 Å². The molecule has 0 bridgehead atoms. The van der Waals surface area contributed by atoms with E-state index in [-0.39, 0.29) is 0 Å². The zero-order chi connectivity index (χ0) is 11.5. The summed E-state index contributed by atoms with van der Waals surface area (Å²) in [6, 6.07) is 7.35. The number of nitrogens with one attached hydrogen (secondary N) is 1. The van der Waals surface area contributed by atoms with Crippen LogP contribution >= 0.6 is 11.6 Å². The first kappa shape index (κ1) is 10.5. The van der Waals surface area contributed by atoms with Gasteiger partial charge in [-0.15, -0.1) is 0 Å². The van der Waals surface area contributed by atoms with Gasteiger partial charge in [0.1, 0.15) is 17.5 Å². The molecule has 0 spiro atoms. The lowest BCUT2D eigenvalue weighted by Gasteiger charge is -2.05. The van der Waals surface area contributed by atoms with Crippen LogP contribution in [0, 0.1) is 11.3 Å². The molecule has 0 saturated heterocycles. The molecule has 2 aromatic rings. The predicted octanol–water partition coefficient (Wildman–Crippen LogP) is 2.61. The average molecular weight is 234 g/mol. The summed E-state index contributed by atoms with van der Waals surface area (Å²) in [5, 5.41) is 15.9. The molecule has 0 fully saturated rings. The van der Waals surface area contributed by atoms with E-state index in [1.54, 1.807) is 25.4 Å². The van der Waals surface area contributed by atoms with Crippen molar-refractivity contribution in [3.05, 3.63) is 35.1 Å². The highest BCUT2D eigenvalue weighted by Gasteiger charge is 2.09. The van der Waals surface area contributed by atoms with Crippen LogP contribution in [0.5, 0.6) is 5.75 Å². The van der Waals surface area contributed by atoms with Crippen molar-refractivity contribution in [2.24, 2.45) is 0 Å². The van der Waals surface area contributed by atoms with Crippen LogP contribution < -0.4 is 4.74 Å². The second-order valence-corrected chi connectivity index (χ2v) is 3.53. The van der Waals surface area contributed by atoms with Gasteiger partial charge in [0.25, 0.3) is 0 Å². The topological polar surface area (TPSA) is 61.7 Å². The zero-order valence-electron chi connectivity index (χ0n) is 8.49. The highest BCUT2D eigenvalue weighted by molar-refractivity contribution is 6.32. The van der Waals surface area contributed by atoms with E-state index < -0.39 is 0 Å². The first-order valence-corrected chi connectivity index (χ1v) is 4.91. The van der Waals surface area contributed by atoms with E-state index in [1.165, 1.54) is 0 Å². The molecule has 1 aromatic carbocycles. The molecular weight excluding hydrogens is 226 g/mol. The SMILES string of the molecule is COc1cc(-c2cn[nH]c2C#N)ccc1Cl. The molecule has 2 rings (SSSR count). The van der Waals surface area contributed by atoms with Crippen LogP contribution in [0.1, 0.15) is 5.69 Å². The van der Waals surface area contributed by atoms with Crippen molar-refractivity contribution in [3.8, 4) is 22.9 Å². The summed E-state index contributed by atoms with van der Waals surface area (Å²) in [5.41, 5.74) is 1.99. The van der Waals surface area contributed by atoms with Gasteiger partial charge in [-0.1, -0.05) is 17.7 Å². The highest BCUT2D eigenvalue weighted by Crippen LogP contribution is 2.31. The Labute approximate surface area is 97.4 Å².